The van der Waals surface area contributed by atoms with E-state index in [4.69, 9.17) is 5.26 Å². The van der Waals surface area contributed by atoms with Gasteiger partial charge in [0.15, 0.2) is 0 Å². The predicted molar refractivity (Wildman–Crippen MR) is 59.6 cm³/mol. The zero-order chi connectivity index (χ0) is 11.7. The predicted octanol–water partition coefficient (Wildman–Crippen LogP) is -0.627. The van der Waals surface area contributed by atoms with Gasteiger partial charge in [-0.2, -0.15) is 5.26 Å². The summed E-state index contributed by atoms with van der Waals surface area (Å²) in [5, 5.41) is 13.6. The topological polar surface area (TPSA) is 82.0 Å². The molecule has 2 unspecified atom stereocenters. The van der Waals surface area contributed by atoms with Crippen LogP contribution in [0.2, 0.25) is 0 Å². The Bertz CT molecular complexity index is 263. The van der Waals surface area contributed by atoms with E-state index in [0.717, 1.165) is 6.42 Å². The second kappa shape index (κ2) is 8.38. The first-order chi connectivity index (χ1) is 7.06. The molecule has 1 amide bonds. The van der Waals surface area contributed by atoms with Gasteiger partial charge in [-0.15, -0.1) is 0 Å². The fourth-order valence-corrected chi connectivity index (χ4v) is 1.60. The van der Waals surface area contributed by atoms with Gasteiger partial charge in [0.2, 0.25) is 5.91 Å². The van der Waals surface area contributed by atoms with Crippen molar-refractivity contribution in [3.8, 4) is 6.07 Å². The van der Waals surface area contributed by atoms with Crippen LogP contribution in [0.1, 0.15) is 13.3 Å². The van der Waals surface area contributed by atoms with Crippen molar-refractivity contribution in [1.29, 1.82) is 5.26 Å². The van der Waals surface area contributed by atoms with Crippen LogP contribution in [0.4, 0.5) is 0 Å². The standard InChI is InChI=1S/C9H17N3O2S/c1-8(3-6-15(2)14)12-7-9(13)11-5-4-10/h8,12H,3,5-7H2,1-2H3,(H,11,13). The summed E-state index contributed by atoms with van der Waals surface area (Å²) in [6.07, 6.45) is 2.43. The normalized spacial score (nSPS) is 13.9. The zero-order valence-corrected chi connectivity index (χ0v) is 9.89. The average Bonchev–Trinajstić information content (AvgIpc) is 2.20. The third kappa shape index (κ3) is 9.38. The van der Waals surface area contributed by atoms with Gasteiger partial charge in [-0.05, 0) is 13.3 Å². The molecular formula is C9H17N3O2S. The third-order valence-corrected chi connectivity index (χ3v) is 2.62. The highest BCUT2D eigenvalue weighted by Crippen LogP contribution is 1.91. The van der Waals surface area contributed by atoms with E-state index in [1.165, 1.54) is 0 Å². The number of nitrogens with one attached hydrogen (secondary N) is 2. The Hall–Kier alpha value is -0.930. The molecule has 0 aromatic rings. The zero-order valence-electron chi connectivity index (χ0n) is 9.08. The number of amides is 1. The number of nitrogens with zero attached hydrogens (tertiary/aromatic N) is 1. The fraction of sp³-hybridized carbons (Fsp3) is 0.778. The number of rotatable bonds is 7. The smallest absolute Gasteiger partial charge is 0.234 e. The summed E-state index contributed by atoms with van der Waals surface area (Å²) in [6.45, 7) is 2.16. The van der Waals surface area contributed by atoms with Gasteiger partial charge < -0.3 is 10.6 Å². The summed E-state index contributed by atoms with van der Waals surface area (Å²) in [5.41, 5.74) is 0. The molecule has 6 heteroatoms. The lowest BCUT2D eigenvalue weighted by molar-refractivity contribution is -0.120. The lowest BCUT2D eigenvalue weighted by Crippen LogP contribution is -2.38. The van der Waals surface area contributed by atoms with Crippen LogP contribution >= 0.6 is 0 Å². The van der Waals surface area contributed by atoms with Gasteiger partial charge in [-0.25, -0.2) is 0 Å². The van der Waals surface area contributed by atoms with E-state index >= 15 is 0 Å². The summed E-state index contributed by atoms with van der Waals surface area (Å²) in [4.78, 5) is 11.1. The van der Waals surface area contributed by atoms with Crippen LogP contribution in [0.5, 0.6) is 0 Å². The minimum atomic E-state index is -0.789. The number of carbonyl (C=O) groups excluding carboxylic acids is 1. The molecular weight excluding hydrogens is 214 g/mol. The van der Waals surface area contributed by atoms with Gasteiger partial charge >= 0.3 is 0 Å². The molecule has 0 aliphatic carbocycles. The molecule has 0 saturated heterocycles. The Balaban J connectivity index is 3.53. The van der Waals surface area contributed by atoms with E-state index in [0.29, 0.717) is 5.75 Å². The van der Waals surface area contributed by atoms with Gasteiger partial charge in [0.25, 0.3) is 0 Å². The fourth-order valence-electron chi connectivity index (χ4n) is 0.912. The molecule has 2 N–H and O–H groups in total. The van der Waals surface area contributed by atoms with Gasteiger partial charge in [-0.1, -0.05) is 0 Å². The van der Waals surface area contributed by atoms with E-state index in [2.05, 4.69) is 10.6 Å². The Morgan fingerprint density at radius 3 is 2.80 bits per heavy atom. The van der Waals surface area contributed by atoms with E-state index in [1.54, 1.807) is 6.26 Å². The second-order valence-electron chi connectivity index (χ2n) is 3.28. The molecule has 15 heavy (non-hydrogen) atoms. The summed E-state index contributed by atoms with van der Waals surface area (Å²) in [5.74, 6) is 0.439. The van der Waals surface area contributed by atoms with Gasteiger partial charge in [0.05, 0.1) is 12.6 Å². The minimum Gasteiger partial charge on any atom is -0.342 e. The first-order valence-electron chi connectivity index (χ1n) is 4.73. The summed E-state index contributed by atoms with van der Waals surface area (Å²) >= 11 is 0. The minimum absolute atomic E-state index is 0.0356. The summed E-state index contributed by atoms with van der Waals surface area (Å²) in [6, 6.07) is 1.98. The van der Waals surface area contributed by atoms with Crippen molar-refractivity contribution >= 4 is 16.7 Å². The van der Waals surface area contributed by atoms with Crippen molar-refractivity contribution in [3.05, 3.63) is 0 Å². The lowest BCUT2D eigenvalue weighted by Gasteiger charge is -2.12. The van der Waals surface area contributed by atoms with Crippen molar-refractivity contribution < 1.29 is 9.00 Å². The van der Waals surface area contributed by atoms with Crippen LogP contribution in [0, 0.1) is 11.3 Å². The molecule has 0 saturated carbocycles. The van der Waals surface area contributed by atoms with E-state index in [9.17, 15) is 9.00 Å². The van der Waals surface area contributed by atoms with E-state index in [1.807, 2.05) is 13.0 Å². The van der Waals surface area contributed by atoms with Crippen molar-refractivity contribution in [2.24, 2.45) is 0 Å². The highest BCUT2D eigenvalue weighted by atomic mass is 32.2. The number of hydrogen-bond donors (Lipinski definition) is 2. The lowest BCUT2D eigenvalue weighted by atomic mass is 10.2. The van der Waals surface area contributed by atoms with Crippen molar-refractivity contribution in [2.45, 2.75) is 19.4 Å². The number of hydrogen-bond acceptors (Lipinski definition) is 4. The van der Waals surface area contributed by atoms with Gasteiger partial charge in [0.1, 0.15) is 6.54 Å². The first-order valence-corrected chi connectivity index (χ1v) is 6.46. The highest BCUT2D eigenvalue weighted by Gasteiger charge is 2.05. The van der Waals surface area contributed by atoms with Crippen LogP contribution in [0.3, 0.4) is 0 Å². The molecule has 0 aromatic heterocycles. The summed E-state index contributed by atoms with van der Waals surface area (Å²) in [7, 11) is -0.789. The molecule has 0 rings (SSSR count). The van der Waals surface area contributed by atoms with Crippen LogP contribution in [-0.4, -0.2) is 41.3 Å². The Morgan fingerprint density at radius 2 is 2.27 bits per heavy atom. The molecule has 0 fully saturated rings. The molecule has 0 aromatic carbocycles. The quantitative estimate of drug-likeness (QED) is 0.572. The summed E-state index contributed by atoms with van der Waals surface area (Å²) < 4.78 is 10.8. The van der Waals surface area contributed by atoms with Crippen LogP contribution in [0.25, 0.3) is 0 Å². The molecule has 2 atom stereocenters. The Morgan fingerprint density at radius 1 is 1.60 bits per heavy atom. The maximum atomic E-state index is 11.1. The molecule has 86 valence electrons. The van der Waals surface area contributed by atoms with Crippen LogP contribution < -0.4 is 10.6 Å². The van der Waals surface area contributed by atoms with Gasteiger partial charge in [0, 0.05) is 28.9 Å². The third-order valence-electron chi connectivity index (χ3n) is 1.81. The maximum Gasteiger partial charge on any atom is 0.234 e. The monoisotopic (exact) mass is 231 g/mol. The second-order valence-corrected chi connectivity index (χ2v) is 4.84. The van der Waals surface area contributed by atoms with Crippen molar-refractivity contribution in [1.82, 2.24) is 10.6 Å². The van der Waals surface area contributed by atoms with Gasteiger partial charge in [-0.3, -0.25) is 9.00 Å². The maximum absolute atomic E-state index is 11.1. The van der Waals surface area contributed by atoms with Crippen LogP contribution in [-0.2, 0) is 15.6 Å². The molecule has 0 spiro atoms. The number of nitriles is 1. The Kier molecular flexibility index (Phi) is 7.86. The largest absolute Gasteiger partial charge is 0.342 e. The molecule has 0 heterocycles. The molecule has 0 radical (unpaired) electrons. The molecule has 0 aliphatic rings. The van der Waals surface area contributed by atoms with E-state index < -0.39 is 10.8 Å². The number of carbonyl (C=O) groups is 1. The van der Waals surface area contributed by atoms with Crippen molar-refractivity contribution in [2.75, 3.05) is 25.1 Å². The average molecular weight is 231 g/mol. The first kappa shape index (κ1) is 14.1. The molecule has 0 bridgehead atoms. The van der Waals surface area contributed by atoms with E-state index in [-0.39, 0.29) is 25.0 Å². The molecule has 5 nitrogen and oxygen atoms in total. The van der Waals surface area contributed by atoms with Crippen molar-refractivity contribution in [3.63, 3.8) is 0 Å². The highest BCUT2D eigenvalue weighted by molar-refractivity contribution is 7.84. The van der Waals surface area contributed by atoms with Crippen LogP contribution in [0.15, 0.2) is 0 Å². The Labute approximate surface area is 92.7 Å². The SMILES string of the molecule is CC(CCS(C)=O)NCC(=O)NCC#N. The molecule has 0 aliphatic heterocycles.